The molecule has 0 bridgehead atoms. The summed E-state index contributed by atoms with van der Waals surface area (Å²) < 4.78 is 7.43. The monoisotopic (exact) mass is 270 g/mol. The van der Waals surface area contributed by atoms with E-state index in [4.69, 9.17) is 4.74 Å². The van der Waals surface area contributed by atoms with Crippen LogP contribution in [0.2, 0.25) is 0 Å². The van der Waals surface area contributed by atoms with Crippen LogP contribution in [0.25, 0.3) is 5.69 Å². The molecule has 2 heterocycles. The molecule has 0 N–H and O–H groups in total. The van der Waals surface area contributed by atoms with E-state index in [-0.39, 0.29) is 11.9 Å². The first-order valence-corrected chi connectivity index (χ1v) is 6.77. The number of para-hydroxylation sites is 2. The van der Waals surface area contributed by atoms with Crippen LogP contribution < -0.4 is 4.74 Å². The van der Waals surface area contributed by atoms with E-state index in [0.717, 1.165) is 17.9 Å². The Morgan fingerprint density at radius 3 is 2.75 bits per heavy atom. The van der Waals surface area contributed by atoms with E-state index in [1.165, 1.54) is 5.56 Å². The maximum absolute atomic E-state index is 11.6. The maximum atomic E-state index is 11.6. The summed E-state index contributed by atoms with van der Waals surface area (Å²) in [7, 11) is 3.55. The van der Waals surface area contributed by atoms with E-state index in [0.29, 0.717) is 6.42 Å². The number of hydrogen-bond donors (Lipinski definition) is 0. The van der Waals surface area contributed by atoms with Crippen LogP contribution in [0, 0.1) is 0 Å². The maximum Gasteiger partial charge on any atom is 0.222 e. The number of amides is 1. The van der Waals surface area contributed by atoms with Crippen molar-refractivity contribution in [3.63, 3.8) is 0 Å². The highest BCUT2D eigenvalue weighted by molar-refractivity contribution is 5.78. The summed E-state index contributed by atoms with van der Waals surface area (Å²) >= 11 is 0. The van der Waals surface area contributed by atoms with Gasteiger partial charge in [0.05, 0.1) is 18.8 Å². The van der Waals surface area contributed by atoms with Crippen LogP contribution in [0.5, 0.6) is 5.75 Å². The molecule has 3 rings (SSSR count). The smallest absolute Gasteiger partial charge is 0.222 e. The zero-order valence-corrected chi connectivity index (χ0v) is 11.7. The van der Waals surface area contributed by atoms with Crippen molar-refractivity contribution in [2.24, 2.45) is 0 Å². The second kappa shape index (κ2) is 5.04. The van der Waals surface area contributed by atoms with Crippen LogP contribution in [0.1, 0.15) is 24.4 Å². The topological polar surface area (TPSA) is 34.5 Å². The van der Waals surface area contributed by atoms with Crippen molar-refractivity contribution in [1.82, 2.24) is 9.47 Å². The molecule has 4 heteroatoms. The summed E-state index contributed by atoms with van der Waals surface area (Å²) in [6.07, 6.45) is 5.63. The van der Waals surface area contributed by atoms with Gasteiger partial charge in [0.25, 0.3) is 0 Å². The highest BCUT2D eigenvalue weighted by Crippen LogP contribution is 2.32. The Morgan fingerprint density at radius 1 is 1.25 bits per heavy atom. The molecule has 1 fully saturated rings. The first-order chi connectivity index (χ1) is 9.70. The third-order valence-electron chi connectivity index (χ3n) is 3.96. The van der Waals surface area contributed by atoms with Gasteiger partial charge in [-0.1, -0.05) is 12.1 Å². The fourth-order valence-electron chi connectivity index (χ4n) is 2.80. The SMILES string of the molecule is COc1ccccc1-n1ccc(C2CCC(=O)N2C)c1. The van der Waals surface area contributed by atoms with Crippen molar-refractivity contribution in [3.05, 3.63) is 48.3 Å². The molecule has 0 aliphatic carbocycles. The molecule has 1 saturated heterocycles. The minimum absolute atomic E-state index is 0.193. The van der Waals surface area contributed by atoms with Crippen LogP contribution in [0.3, 0.4) is 0 Å². The number of carbonyl (C=O) groups is 1. The van der Waals surface area contributed by atoms with Crippen LogP contribution in [0.4, 0.5) is 0 Å². The molecular weight excluding hydrogens is 252 g/mol. The van der Waals surface area contributed by atoms with Gasteiger partial charge in [-0.2, -0.15) is 0 Å². The van der Waals surface area contributed by atoms with Gasteiger partial charge in [-0.3, -0.25) is 4.79 Å². The highest BCUT2D eigenvalue weighted by atomic mass is 16.5. The van der Waals surface area contributed by atoms with E-state index in [9.17, 15) is 4.79 Å². The number of carbonyl (C=O) groups excluding carboxylic acids is 1. The number of methoxy groups -OCH3 is 1. The Bertz CT molecular complexity index is 633. The van der Waals surface area contributed by atoms with Gasteiger partial charge in [0.15, 0.2) is 0 Å². The van der Waals surface area contributed by atoms with Gasteiger partial charge in [0, 0.05) is 25.9 Å². The van der Waals surface area contributed by atoms with Crippen molar-refractivity contribution in [3.8, 4) is 11.4 Å². The number of nitrogens with zero attached hydrogens (tertiary/aromatic N) is 2. The van der Waals surface area contributed by atoms with Gasteiger partial charge in [-0.05, 0) is 30.2 Å². The molecule has 20 heavy (non-hydrogen) atoms. The van der Waals surface area contributed by atoms with Gasteiger partial charge in [-0.25, -0.2) is 0 Å². The molecule has 0 radical (unpaired) electrons. The lowest BCUT2D eigenvalue weighted by Gasteiger charge is -2.18. The summed E-state index contributed by atoms with van der Waals surface area (Å²) in [6, 6.07) is 10.2. The van der Waals surface area contributed by atoms with Gasteiger partial charge in [0.2, 0.25) is 5.91 Å². The Balaban J connectivity index is 1.92. The third-order valence-corrected chi connectivity index (χ3v) is 3.96. The van der Waals surface area contributed by atoms with Gasteiger partial charge < -0.3 is 14.2 Å². The minimum atomic E-state index is 0.193. The first kappa shape index (κ1) is 12.8. The number of likely N-dealkylation sites (tertiary alicyclic amines) is 1. The quantitative estimate of drug-likeness (QED) is 0.859. The molecule has 4 nitrogen and oxygen atoms in total. The number of benzene rings is 1. The third kappa shape index (κ3) is 2.07. The zero-order valence-electron chi connectivity index (χ0n) is 11.7. The van der Waals surface area contributed by atoms with Crippen LogP contribution in [0.15, 0.2) is 42.7 Å². The summed E-state index contributed by atoms with van der Waals surface area (Å²) in [4.78, 5) is 13.5. The summed E-state index contributed by atoms with van der Waals surface area (Å²) in [5, 5.41) is 0. The van der Waals surface area contributed by atoms with Crippen LogP contribution in [-0.4, -0.2) is 29.5 Å². The fourth-order valence-corrected chi connectivity index (χ4v) is 2.80. The van der Waals surface area contributed by atoms with Crippen molar-refractivity contribution >= 4 is 5.91 Å². The number of rotatable bonds is 3. The van der Waals surface area contributed by atoms with E-state index in [2.05, 4.69) is 12.3 Å². The number of ether oxygens (including phenoxy) is 1. The van der Waals surface area contributed by atoms with E-state index in [1.807, 2.05) is 47.0 Å². The number of aromatic nitrogens is 1. The molecule has 1 aliphatic rings. The molecular formula is C16H18N2O2. The van der Waals surface area contributed by atoms with Crippen LogP contribution in [-0.2, 0) is 4.79 Å². The Kier molecular flexibility index (Phi) is 3.22. The Hall–Kier alpha value is -2.23. The molecule has 1 unspecified atom stereocenters. The van der Waals surface area contributed by atoms with Crippen molar-refractivity contribution < 1.29 is 9.53 Å². The van der Waals surface area contributed by atoms with E-state index >= 15 is 0 Å². The molecule has 1 atom stereocenters. The van der Waals surface area contributed by atoms with E-state index in [1.54, 1.807) is 7.11 Å². The average Bonchev–Trinajstić information content (AvgIpc) is 3.07. The van der Waals surface area contributed by atoms with Crippen molar-refractivity contribution in [1.29, 1.82) is 0 Å². The van der Waals surface area contributed by atoms with Gasteiger partial charge in [0.1, 0.15) is 5.75 Å². The molecule has 104 valence electrons. The molecule has 0 spiro atoms. The predicted molar refractivity (Wildman–Crippen MR) is 77.1 cm³/mol. The highest BCUT2D eigenvalue weighted by Gasteiger charge is 2.29. The van der Waals surface area contributed by atoms with Crippen molar-refractivity contribution in [2.45, 2.75) is 18.9 Å². The minimum Gasteiger partial charge on any atom is -0.495 e. The summed E-state index contributed by atoms with van der Waals surface area (Å²) in [6.45, 7) is 0. The molecule has 1 aromatic heterocycles. The first-order valence-electron chi connectivity index (χ1n) is 6.77. The Labute approximate surface area is 118 Å². The summed E-state index contributed by atoms with van der Waals surface area (Å²) in [5.74, 6) is 1.06. The van der Waals surface area contributed by atoms with Gasteiger partial charge in [-0.15, -0.1) is 0 Å². The normalized spacial score (nSPS) is 18.6. The van der Waals surface area contributed by atoms with E-state index < -0.39 is 0 Å². The molecule has 1 amide bonds. The fraction of sp³-hybridized carbons (Fsp3) is 0.312. The standard InChI is InChI=1S/C16H18N2O2/c1-17-13(7-8-16(17)19)12-9-10-18(11-12)14-5-3-4-6-15(14)20-2/h3-6,9-11,13H,7-8H2,1-2H3. The predicted octanol–water partition coefficient (Wildman–Crippen LogP) is 2.78. The zero-order chi connectivity index (χ0) is 14.1. The lowest BCUT2D eigenvalue weighted by atomic mass is 10.1. The van der Waals surface area contributed by atoms with Crippen LogP contribution >= 0.6 is 0 Å². The average molecular weight is 270 g/mol. The Morgan fingerprint density at radius 2 is 2.05 bits per heavy atom. The molecule has 1 aliphatic heterocycles. The number of hydrogen-bond acceptors (Lipinski definition) is 2. The molecule has 1 aromatic carbocycles. The van der Waals surface area contributed by atoms with Crippen molar-refractivity contribution in [2.75, 3.05) is 14.2 Å². The lowest BCUT2D eigenvalue weighted by Crippen LogP contribution is -2.22. The largest absolute Gasteiger partial charge is 0.495 e. The second-order valence-corrected chi connectivity index (χ2v) is 5.08. The summed E-state index contributed by atoms with van der Waals surface area (Å²) in [5.41, 5.74) is 2.18. The van der Waals surface area contributed by atoms with Gasteiger partial charge >= 0.3 is 0 Å². The second-order valence-electron chi connectivity index (χ2n) is 5.08. The molecule has 0 saturated carbocycles. The molecule has 2 aromatic rings. The lowest BCUT2D eigenvalue weighted by molar-refractivity contribution is -0.127.